The highest BCUT2D eigenvalue weighted by Gasteiger charge is 2.17. The van der Waals surface area contributed by atoms with Crippen LogP contribution in [0.3, 0.4) is 0 Å². The van der Waals surface area contributed by atoms with E-state index in [-0.39, 0.29) is 16.9 Å². The molecule has 0 radical (unpaired) electrons. The van der Waals surface area contributed by atoms with E-state index in [0.29, 0.717) is 6.54 Å². The van der Waals surface area contributed by atoms with E-state index in [1.165, 1.54) is 6.07 Å². The number of rotatable bonds is 4. The van der Waals surface area contributed by atoms with Gasteiger partial charge in [-0.15, -0.1) is 0 Å². The molecule has 4 nitrogen and oxygen atoms in total. The molecule has 2 aromatic rings. The topological polar surface area (TPSA) is 75.3 Å². The minimum Gasteiger partial charge on any atom is -0.478 e. The third-order valence-electron chi connectivity index (χ3n) is 2.78. The van der Waals surface area contributed by atoms with E-state index in [9.17, 15) is 9.18 Å². The average Bonchev–Trinajstić information content (AvgIpc) is 2.39. The van der Waals surface area contributed by atoms with Crippen LogP contribution in [0.15, 0.2) is 40.9 Å². The summed E-state index contributed by atoms with van der Waals surface area (Å²) >= 11 is 3.36. The van der Waals surface area contributed by atoms with Crippen LogP contribution in [-0.4, -0.2) is 11.1 Å². The Hall–Kier alpha value is -2.08. The predicted octanol–water partition coefficient (Wildman–Crippen LogP) is 3.48. The molecule has 0 saturated heterocycles. The van der Waals surface area contributed by atoms with Crippen LogP contribution in [0.1, 0.15) is 15.9 Å². The van der Waals surface area contributed by atoms with E-state index in [1.54, 1.807) is 0 Å². The second-order valence-corrected chi connectivity index (χ2v) is 5.09. The van der Waals surface area contributed by atoms with Gasteiger partial charge in [-0.05, 0) is 29.8 Å². The summed E-state index contributed by atoms with van der Waals surface area (Å²) in [6, 6.07) is 10.1. The number of nitrogen functional groups attached to an aromatic ring is 1. The van der Waals surface area contributed by atoms with Crippen LogP contribution in [0.5, 0.6) is 0 Å². The van der Waals surface area contributed by atoms with Crippen LogP contribution in [0, 0.1) is 5.82 Å². The fourth-order valence-corrected chi connectivity index (χ4v) is 2.26. The van der Waals surface area contributed by atoms with Gasteiger partial charge in [0.2, 0.25) is 0 Å². The number of nitrogens with two attached hydrogens (primary N) is 1. The van der Waals surface area contributed by atoms with Crippen molar-refractivity contribution in [2.45, 2.75) is 6.54 Å². The summed E-state index contributed by atoms with van der Waals surface area (Å²) in [4.78, 5) is 11.2. The predicted molar refractivity (Wildman–Crippen MR) is 79.2 cm³/mol. The molecule has 0 aliphatic carbocycles. The van der Waals surface area contributed by atoms with Gasteiger partial charge in [0.25, 0.3) is 0 Å². The Morgan fingerprint density at radius 3 is 2.75 bits per heavy atom. The smallest absolute Gasteiger partial charge is 0.340 e. The van der Waals surface area contributed by atoms with Crippen LogP contribution in [0.25, 0.3) is 0 Å². The first-order valence-corrected chi connectivity index (χ1v) is 6.58. The van der Waals surface area contributed by atoms with Crippen molar-refractivity contribution in [3.8, 4) is 0 Å². The Balaban J connectivity index is 2.26. The number of benzene rings is 2. The maximum Gasteiger partial charge on any atom is 0.340 e. The molecule has 0 unspecified atom stereocenters. The Kier molecular flexibility index (Phi) is 4.24. The Labute approximate surface area is 123 Å². The number of hydrogen-bond donors (Lipinski definition) is 3. The van der Waals surface area contributed by atoms with Crippen molar-refractivity contribution < 1.29 is 14.3 Å². The molecule has 0 atom stereocenters. The third-order valence-corrected chi connectivity index (χ3v) is 3.27. The molecule has 2 rings (SSSR count). The zero-order chi connectivity index (χ0) is 14.7. The first kappa shape index (κ1) is 14.3. The van der Waals surface area contributed by atoms with Gasteiger partial charge in [-0.3, -0.25) is 0 Å². The van der Waals surface area contributed by atoms with E-state index in [4.69, 9.17) is 10.8 Å². The summed E-state index contributed by atoms with van der Waals surface area (Å²) in [6.07, 6.45) is 0. The molecule has 6 heteroatoms. The molecule has 0 bridgehead atoms. The zero-order valence-electron chi connectivity index (χ0n) is 10.4. The molecule has 0 saturated carbocycles. The Morgan fingerprint density at radius 1 is 1.35 bits per heavy atom. The number of hydrogen-bond acceptors (Lipinski definition) is 3. The summed E-state index contributed by atoms with van der Waals surface area (Å²) in [5.41, 5.74) is 6.11. The lowest BCUT2D eigenvalue weighted by molar-refractivity contribution is 0.0698. The first-order chi connectivity index (χ1) is 9.49. The van der Waals surface area contributed by atoms with Crippen LogP contribution >= 0.6 is 15.9 Å². The van der Waals surface area contributed by atoms with E-state index >= 15 is 0 Å². The Morgan fingerprint density at radius 2 is 2.10 bits per heavy atom. The van der Waals surface area contributed by atoms with E-state index < -0.39 is 11.8 Å². The van der Waals surface area contributed by atoms with Crippen molar-refractivity contribution in [3.05, 3.63) is 57.8 Å². The fraction of sp³-hybridized carbons (Fsp3) is 0.0714. The fourth-order valence-electron chi connectivity index (χ4n) is 1.82. The van der Waals surface area contributed by atoms with Gasteiger partial charge < -0.3 is 16.2 Å². The number of carboxylic acids is 1. The standard InChI is InChI=1S/C14H12BrFN2O2/c15-9-3-1-2-8(6-9)7-18-11-5-4-10(16)13(17)12(11)14(19)20/h1-6,18H,7,17H2,(H,19,20). The molecule has 0 aromatic heterocycles. The second-order valence-electron chi connectivity index (χ2n) is 4.17. The van der Waals surface area contributed by atoms with E-state index in [0.717, 1.165) is 16.1 Å². The van der Waals surface area contributed by atoms with E-state index in [1.807, 2.05) is 24.3 Å². The summed E-state index contributed by atoms with van der Waals surface area (Å²) in [7, 11) is 0. The number of halogens is 2. The molecule has 4 N–H and O–H groups in total. The molecule has 2 aromatic carbocycles. The minimum atomic E-state index is -1.27. The van der Waals surface area contributed by atoms with Gasteiger partial charge in [-0.1, -0.05) is 28.1 Å². The molecule has 0 amide bonds. The first-order valence-electron chi connectivity index (χ1n) is 5.78. The lowest BCUT2D eigenvalue weighted by atomic mass is 10.1. The lowest BCUT2D eigenvalue weighted by Crippen LogP contribution is -2.10. The lowest BCUT2D eigenvalue weighted by Gasteiger charge is -2.12. The maximum atomic E-state index is 13.3. The highest BCUT2D eigenvalue weighted by molar-refractivity contribution is 9.10. The molecule has 20 heavy (non-hydrogen) atoms. The summed E-state index contributed by atoms with van der Waals surface area (Å²) < 4.78 is 14.2. The number of aromatic carboxylic acids is 1. The minimum absolute atomic E-state index is 0.250. The molecule has 0 heterocycles. The van der Waals surface area contributed by atoms with Crippen molar-refractivity contribution >= 4 is 33.3 Å². The van der Waals surface area contributed by atoms with Crippen molar-refractivity contribution in [3.63, 3.8) is 0 Å². The number of anilines is 2. The molecule has 0 fully saturated rings. The largest absolute Gasteiger partial charge is 0.478 e. The van der Waals surface area contributed by atoms with Crippen LogP contribution < -0.4 is 11.1 Å². The molecule has 0 aliphatic rings. The third kappa shape index (κ3) is 3.08. The van der Waals surface area contributed by atoms with Gasteiger partial charge in [0.05, 0.1) is 11.4 Å². The highest BCUT2D eigenvalue weighted by atomic mass is 79.9. The summed E-state index contributed by atoms with van der Waals surface area (Å²) in [6.45, 7) is 0.408. The molecular formula is C14H12BrFN2O2. The van der Waals surface area contributed by atoms with Gasteiger partial charge in [-0.2, -0.15) is 0 Å². The number of carbonyl (C=O) groups is 1. The van der Waals surface area contributed by atoms with Gasteiger partial charge >= 0.3 is 5.97 Å². The number of carboxylic acid groups (broad SMARTS) is 1. The molecule has 0 aliphatic heterocycles. The molecular weight excluding hydrogens is 327 g/mol. The molecule has 0 spiro atoms. The quantitative estimate of drug-likeness (QED) is 0.746. The summed E-state index contributed by atoms with van der Waals surface area (Å²) in [5, 5.41) is 12.1. The number of nitrogens with one attached hydrogen (secondary N) is 1. The van der Waals surface area contributed by atoms with Gasteiger partial charge in [0.1, 0.15) is 11.4 Å². The van der Waals surface area contributed by atoms with Gasteiger partial charge in [0.15, 0.2) is 0 Å². The molecule has 104 valence electrons. The van der Waals surface area contributed by atoms with Gasteiger partial charge in [-0.25, -0.2) is 9.18 Å². The van der Waals surface area contributed by atoms with E-state index in [2.05, 4.69) is 21.2 Å². The maximum absolute atomic E-state index is 13.3. The Bertz CT molecular complexity index is 662. The zero-order valence-corrected chi connectivity index (χ0v) is 11.9. The monoisotopic (exact) mass is 338 g/mol. The van der Waals surface area contributed by atoms with Crippen molar-refractivity contribution in [1.29, 1.82) is 0 Å². The normalized spacial score (nSPS) is 10.3. The van der Waals surface area contributed by atoms with Crippen LogP contribution in [0.2, 0.25) is 0 Å². The SMILES string of the molecule is Nc1c(F)ccc(NCc2cccc(Br)c2)c1C(=O)O. The average molecular weight is 339 g/mol. The summed E-state index contributed by atoms with van der Waals surface area (Å²) in [5.74, 6) is -2.01. The van der Waals surface area contributed by atoms with Crippen molar-refractivity contribution in [2.24, 2.45) is 0 Å². The highest BCUT2D eigenvalue weighted by Crippen LogP contribution is 2.25. The van der Waals surface area contributed by atoms with Crippen LogP contribution in [0.4, 0.5) is 15.8 Å². The van der Waals surface area contributed by atoms with Gasteiger partial charge in [0, 0.05) is 11.0 Å². The van der Waals surface area contributed by atoms with Crippen molar-refractivity contribution in [2.75, 3.05) is 11.1 Å². The van der Waals surface area contributed by atoms with Crippen molar-refractivity contribution in [1.82, 2.24) is 0 Å². The second kappa shape index (κ2) is 5.92. The van der Waals surface area contributed by atoms with Crippen LogP contribution in [-0.2, 0) is 6.54 Å².